The SMILES string of the molecule is BCCCCC(N)(CCCO)C(=O)O. The molecule has 0 amide bonds. The summed E-state index contributed by atoms with van der Waals surface area (Å²) in [5.41, 5.74) is 4.62. The average molecular weight is 201 g/mol. The highest BCUT2D eigenvalue weighted by Crippen LogP contribution is 2.18. The van der Waals surface area contributed by atoms with Gasteiger partial charge in [-0.25, -0.2) is 0 Å². The first-order valence-corrected chi connectivity index (χ1v) is 5.20. The maximum absolute atomic E-state index is 10.9. The second-order valence-corrected chi connectivity index (χ2v) is 3.75. The number of rotatable bonds is 8. The predicted octanol–water partition coefficient (Wildman–Crippen LogP) is -0.237. The molecular formula is C9H20BNO3. The van der Waals surface area contributed by atoms with Crippen LogP contribution in [0, 0.1) is 0 Å². The van der Waals surface area contributed by atoms with Crippen molar-refractivity contribution in [2.75, 3.05) is 6.61 Å². The van der Waals surface area contributed by atoms with Crippen LogP contribution in [0.5, 0.6) is 0 Å². The van der Waals surface area contributed by atoms with Gasteiger partial charge < -0.3 is 15.9 Å². The topological polar surface area (TPSA) is 83.5 Å². The van der Waals surface area contributed by atoms with Gasteiger partial charge in [-0.05, 0) is 19.3 Å². The van der Waals surface area contributed by atoms with E-state index in [4.69, 9.17) is 15.9 Å². The van der Waals surface area contributed by atoms with Crippen molar-refractivity contribution in [2.24, 2.45) is 5.73 Å². The molecule has 0 bridgehead atoms. The summed E-state index contributed by atoms with van der Waals surface area (Å²) < 4.78 is 0. The Morgan fingerprint density at radius 1 is 1.29 bits per heavy atom. The van der Waals surface area contributed by atoms with Gasteiger partial charge in [0.25, 0.3) is 0 Å². The normalized spacial score (nSPS) is 15.0. The van der Waals surface area contributed by atoms with Crippen LogP contribution in [-0.4, -0.2) is 36.2 Å². The van der Waals surface area contributed by atoms with E-state index in [1.54, 1.807) is 0 Å². The molecule has 0 aromatic rings. The molecule has 4 N–H and O–H groups in total. The van der Waals surface area contributed by atoms with Crippen molar-refractivity contribution in [3.63, 3.8) is 0 Å². The van der Waals surface area contributed by atoms with Crippen LogP contribution in [0.2, 0.25) is 6.32 Å². The number of carboxylic acid groups (broad SMARTS) is 1. The predicted molar refractivity (Wildman–Crippen MR) is 58.1 cm³/mol. The Morgan fingerprint density at radius 3 is 2.29 bits per heavy atom. The zero-order valence-electron chi connectivity index (χ0n) is 8.83. The van der Waals surface area contributed by atoms with E-state index < -0.39 is 11.5 Å². The van der Waals surface area contributed by atoms with Crippen molar-refractivity contribution in [1.29, 1.82) is 0 Å². The number of carboxylic acids is 1. The van der Waals surface area contributed by atoms with E-state index in [2.05, 4.69) is 7.85 Å². The standard InChI is InChI=1S/C9H20BNO3/c10-6-2-1-4-9(11,8(13)14)5-3-7-12/h12H,1-7,10-11H2,(H,13,14). The van der Waals surface area contributed by atoms with Crippen LogP contribution in [-0.2, 0) is 4.79 Å². The summed E-state index contributed by atoms with van der Waals surface area (Å²) in [7, 11) is 2.06. The summed E-state index contributed by atoms with van der Waals surface area (Å²) in [4.78, 5) is 10.9. The highest BCUT2D eigenvalue weighted by Gasteiger charge is 2.32. The van der Waals surface area contributed by atoms with Gasteiger partial charge in [-0.15, -0.1) is 0 Å². The highest BCUT2D eigenvalue weighted by molar-refractivity contribution is 6.08. The first kappa shape index (κ1) is 13.5. The van der Waals surface area contributed by atoms with Crippen LogP contribution in [0.4, 0.5) is 0 Å². The van der Waals surface area contributed by atoms with Crippen molar-refractivity contribution in [1.82, 2.24) is 0 Å². The molecule has 0 rings (SSSR count). The Balaban J connectivity index is 4.03. The lowest BCUT2D eigenvalue weighted by atomic mass is 9.87. The minimum absolute atomic E-state index is 0.00000772. The van der Waals surface area contributed by atoms with Gasteiger partial charge >= 0.3 is 5.97 Å². The van der Waals surface area contributed by atoms with Gasteiger partial charge in [0.15, 0.2) is 0 Å². The number of nitrogens with two attached hydrogens (primary N) is 1. The van der Waals surface area contributed by atoms with Crippen LogP contribution in [0.15, 0.2) is 0 Å². The Morgan fingerprint density at radius 2 is 1.86 bits per heavy atom. The molecule has 1 atom stereocenters. The van der Waals surface area contributed by atoms with Crippen LogP contribution in [0.1, 0.15) is 32.1 Å². The molecule has 4 nitrogen and oxygen atoms in total. The third-order valence-corrected chi connectivity index (χ3v) is 2.43. The molecule has 0 radical (unpaired) electrons. The minimum atomic E-state index is -1.14. The maximum Gasteiger partial charge on any atom is 0.323 e. The van der Waals surface area contributed by atoms with E-state index >= 15 is 0 Å². The fourth-order valence-electron chi connectivity index (χ4n) is 1.42. The number of hydrogen-bond acceptors (Lipinski definition) is 3. The summed E-state index contributed by atoms with van der Waals surface area (Å²) in [5.74, 6) is -0.956. The number of unbranched alkanes of at least 4 members (excludes halogenated alkanes) is 1. The third-order valence-electron chi connectivity index (χ3n) is 2.43. The fraction of sp³-hybridized carbons (Fsp3) is 0.889. The van der Waals surface area contributed by atoms with E-state index in [1.165, 1.54) is 0 Å². The van der Waals surface area contributed by atoms with Crippen molar-refractivity contribution in [3.8, 4) is 0 Å². The van der Waals surface area contributed by atoms with Crippen molar-refractivity contribution < 1.29 is 15.0 Å². The maximum atomic E-state index is 10.9. The van der Waals surface area contributed by atoms with Gasteiger partial charge in [0, 0.05) is 6.61 Å². The monoisotopic (exact) mass is 201 g/mol. The minimum Gasteiger partial charge on any atom is -0.480 e. The number of hydrogen-bond donors (Lipinski definition) is 3. The quantitative estimate of drug-likeness (QED) is 0.374. The van der Waals surface area contributed by atoms with E-state index in [1.807, 2.05) is 0 Å². The number of aliphatic hydroxyl groups excluding tert-OH is 1. The van der Waals surface area contributed by atoms with E-state index in [0.717, 1.165) is 19.2 Å². The highest BCUT2D eigenvalue weighted by atomic mass is 16.4. The van der Waals surface area contributed by atoms with Gasteiger partial charge in [-0.2, -0.15) is 0 Å². The summed E-state index contributed by atoms with van der Waals surface area (Å²) in [5, 5.41) is 17.6. The van der Waals surface area contributed by atoms with Gasteiger partial charge in [0.05, 0.1) is 0 Å². The molecule has 0 spiro atoms. The number of aliphatic hydroxyl groups is 1. The lowest BCUT2D eigenvalue weighted by Crippen LogP contribution is -2.48. The first-order chi connectivity index (χ1) is 6.56. The molecule has 0 aliphatic carbocycles. The van der Waals surface area contributed by atoms with Crippen LogP contribution >= 0.6 is 0 Å². The smallest absolute Gasteiger partial charge is 0.323 e. The molecule has 5 heteroatoms. The van der Waals surface area contributed by atoms with Crippen LogP contribution in [0.25, 0.3) is 0 Å². The number of carbonyl (C=O) groups is 1. The largest absolute Gasteiger partial charge is 0.480 e. The van der Waals surface area contributed by atoms with E-state index in [9.17, 15) is 4.79 Å². The molecule has 0 saturated carbocycles. The molecule has 0 saturated heterocycles. The molecule has 0 aromatic heterocycles. The summed E-state index contributed by atoms with van der Waals surface area (Å²) in [6, 6.07) is 0. The van der Waals surface area contributed by atoms with Gasteiger partial charge in [-0.3, -0.25) is 4.79 Å². The second kappa shape index (κ2) is 6.84. The third kappa shape index (κ3) is 4.62. The average Bonchev–Trinajstić information content (AvgIpc) is 2.15. The van der Waals surface area contributed by atoms with Gasteiger partial charge in [-0.1, -0.05) is 19.2 Å². The Labute approximate surface area is 85.9 Å². The molecule has 0 heterocycles. The second-order valence-electron chi connectivity index (χ2n) is 3.75. The van der Waals surface area contributed by atoms with Gasteiger partial charge in [0.2, 0.25) is 0 Å². The first-order valence-electron chi connectivity index (χ1n) is 5.20. The summed E-state index contributed by atoms with van der Waals surface area (Å²) in [6.45, 7) is 0.00000772. The molecule has 1 unspecified atom stereocenters. The molecule has 0 aromatic carbocycles. The Hall–Kier alpha value is -0.545. The van der Waals surface area contributed by atoms with Crippen molar-refractivity contribution >= 4 is 13.8 Å². The Bertz CT molecular complexity index is 177. The molecule has 14 heavy (non-hydrogen) atoms. The summed E-state index contributed by atoms with van der Waals surface area (Å²) in [6.07, 6.45) is 4.19. The zero-order chi connectivity index (χ0) is 11.0. The summed E-state index contributed by atoms with van der Waals surface area (Å²) >= 11 is 0. The molecule has 0 aliphatic heterocycles. The van der Waals surface area contributed by atoms with Crippen LogP contribution in [0.3, 0.4) is 0 Å². The molecule has 82 valence electrons. The molecule has 0 aliphatic rings. The van der Waals surface area contributed by atoms with Crippen LogP contribution < -0.4 is 5.73 Å². The van der Waals surface area contributed by atoms with Gasteiger partial charge in [0.1, 0.15) is 13.4 Å². The van der Waals surface area contributed by atoms with E-state index in [-0.39, 0.29) is 6.61 Å². The zero-order valence-corrected chi connectivity index (χ0v) is 8.83. The van der Waals surface area contributed by atoms with Crippen molar-refractivity contribution in [3.05, 3.63) is 0 Å². The van der Waals surface area contributed by atoms with Crippen molar-refractivity contribution in [2.45, 2.75) is 44.0 Å². The Kier molecular flexibility index (Phi) is 6.58. The molecule has 0 fully saturated rings. The lowest BCUT2D eigenvalue weighted by Gasteiger charge is -2.24. The molecular weight excluding hydrogens is 181 g/mol. The van der Waals surface area contributed by atoms with E-state index in [0.29, 0.717) is 19.3 Å². The number of aliphatic carboxylic acids is 1. The lowest BCUT2D eigenvalue weighted by molar-refractivity contribution is -0.144. The fourth-order valence-corrected chi connectivity index (χ4v) is 1.42.